The molecule has 0 aromatic carbocycles. The molecule has 1 rings (SSSR count). The molecule has 0 saturated heterocycles. The minimum atomic E-state index is -0.292. The van der Waals surface area contributed by atoms with E-state index in [9.17, 15) is 5.26 Å². The summed E-state index contributed by atoms with van der Waals surface area (Å²) >= 11 is 0. The summed E-state index contributed by atoms with van der Waals surface area (Å²) < 4.78 is 0. The number of hydrogen-bond donors (Lipinski definition) is 1. The fourth-order valence-corrected chi connectivity index (χ4v) is 2.50. The van der Waals surface area contributed by atoms with E-state index in [2.05, 4.69) is 37.1 Å². The van der Waals surface area contributed by atoms with Crippen molar-refractivity contribution in [2.75, 3.05) is 26.2 Å². The lowest BCUT2D eigenvalue weighted by molar-refractivity contribution is 0.201. The zero-order chi connectivity index (χ0) is 13.4. The summed E-state index contributed by atoms with van der Waals surface area (Å²) in [5.74, 6) is 0.574. The predicted octanol–water partition coefficient (Wildman–Crippen LogP) is 2.78. The highest BCUT2D eigenvalue weighted by Crippen LogP contribution is 2.40. The molecule has 0 radical (unpaired) electrons. The van der Waals surface area contributed by atoms with E-state index in [0.29, 0.717) is 5.92 Å². The number of nitrogens with one attached hydrogen (secondary N) is 1. The van der Waals surface area contributed by atoms with E-state index in [4.69, 9.17) is 0 Å². The van der Waals surface area contributed by atoms with Gasteiger partial charge in [0.05, 0.1) is 6.07 Å². The van der Waals surface area contributed by atoms with E-state index in [1.165, 1.54) is 25.7 Å². The van der Waals surface area contributed by atoms with E-state index in [0.717, 1.165) is 32.6 Å². The average Bonchev–Trinajstić information content (AvgIpc) is 3.23. The molecule has 18 heavy (non-hydrogen) atoms. The Bertz CT molecular complexity index is 267. The molecule has 0 amide bonds. The van der Waals surface area contributed by atoms with E-state index < -0.39 is 0 Å². The van der Waals surface area contributed by atoms with Gasteiger partial charge in [-0.05, 0) is 51.2 Å². The first-order chi connectivity index (χ1) is 8.72. The Morgan fingerprint density at radius 2 is 2.00 bits per heavy atom. The molecule has 3 heteroatoms. The Labute approximate surface area is 113 Å². The number of likely N-dealkylation sites (N-methyl/N-ethyl adjacent to an activating group) is 1. The number of rotatable bonds is 10. The highest BCUT2D eigenvalue weighted by Gasteiger charge is 2.46. The van der Waals surface area contributed by atoms with Crippen molar-refractivity contribution < 1.29 is 0 Å². The number of nitriles is 1. The maximum absolute atomic E-state index is 9.64. The summed E-state index contributed by atoms with van der Waals surface area (Å²) in [5.41, 5.74) is -0.292. The van der Waals surface area contributed by atoms with Gasteiger partial charge in [0.2, 0.25) is 0 Å². The van der Waals surface area contributed by atoms with Crippen molar-refractivity contribution in [1.82, 2.24) is 10.2 Å². The van der Waals surface area contributed by atoms with Gasteiger partial charge in [0.15, 0.2) is 0 Å². The molecule has 1 saturated carbocycles. The third-order valence-corrected chi connectivity index (χ3v) is 3.91. The van der Waals surface area contributed by atoms with Crippen LogP contribution in [0.2, 0.25) is 0 Å². The van der Waals surface area contributed by atoms with E-state index in [1.807, 2.05) is 0 Å². The number of unbranched alkanes of at least 4 members (excludes halogenated alkanes) is 1. The Morgan fingerprint density at radius 3 is 2.44 bits per heavy atom. The summed E-state index contributed by atoms with van der Waals surface area (Å²) in [6.07, 6.45) is 5.98. The highest BCUT2D eigenvalue weighted by molar-refractivity contribution is 5.16. The lowest BCUT2D eigenvalue weighted by atomic mass is 9.93. The SMILES string of the molecule is CCCCN(CC)CC(C#N)(NCCC)C1CC1. The average molecular weight is 251 g/mol. The van der Waals surface area contributed by atoms with Crippen LogP contribution in [0.25, 0.3) is 0 Å². The molecular formula is C15H29N3. The summed E-state index contributed by atoms with van der Waals surface area (Å²) in [5, 5.41) is 13.2. The normalized spacial score (nSPS) is 18.6. The molecule has 1 N–H and O–H groups in total. The third-order valence-electron chi connectivity index (χ3n) is 3.91. The molecule has 0 aromatic rings. The number of hydrogen-bond acceptors (Lipinski definition) is 3. The molecule has 1 atom stereocenters. The quantitative estimate of drug-likeness (QED) is 0.649. The van der Waals surface area contributed by atoms with Crippen molar-refractivity contribution in [3.63, 3.8) is 0 Å². The van der Waals surface area contributed by atoms with Gasteiger partial charge >= 0.3 is 0 Å². The molecule has 1 unspecified atom stereocenters. The van der Waals surface area contributed by atoms with Crippen LogP contribution in [-0.4, -0.2) is 36.6 Å². The molecule has 0 heterocycles. The molecule has 0 aliphatic heterocycles. The van der Waals surface area contributed by atoms with Gasteiger partial charge in [-0.25, -0.2) is 0 Å². The van der Waals surface area contributed by atoms with Gasteiger partial charge in [0.1, 0.15) is 5.54 Å². The molecular weight excluding hydrogens is 222 g/mol. The molecule has 0 spiro atoms. The summed E-state index contributed by atoms with van der Waals surface area (Å²) in [4.78, 5) is 2.44. The van der Waals surface area contributed by atoms with Crippen LogP contribution in [0.4, 0.5) is 0 Å². The monoisotopic (exact) mass is 251 g/mol. The van der Waals surface area contributed by atoms with Gasteiger partial charge in [-0.15, -0.1) is 0 Å². The van der Waals surface area contributed by atoms with Gasteiger partial charge in [-0.1, -0.05) is 27.2 Å². The largest absolute Gasteiger partial charge is 0.301 e. The predicted molar refractivity (Wildman–Crippen MR) is 76.4 cm³/mol. The first kappa shape index (κ1) is 15.5. The van der Waals surface area contributed by atoms with Crippen LogP contribution in [0.3, 0.4) is 0 Å². The van der Waals surface area contributed by atoms with E-state index in [-0.39, 0.29) is 5.54 Å². The Balaban J connectivity index is 2.61. The third kappa shape index (κ3) is 4.26. The van der Waals surface area contributed by atoms with Gasteiger partial charge in [0.25, 0.3) is 0 Å². The second kappa shape index (κ2) is 7.76. The first-order valence-corrected chi connectivity index (χ1v) is 7.61. The minimum absolute atomic E-state index is 0.292. The second-order valence-electron chi connectivity index (χ2n) is 5.51. The van der Waals surface area contributed by atoms with Crippen LogP contribution in [0.15, 0.2) is 0 Å². The zero-order valence-electron chi connectivity index (χ0n) is 12.3. The van der Waals surface area contributed by atoms with Crippen molar-refractivity contribution in [3.05, 3.63) is 0 Å². The van der Waals surface area contributed by atoms with Crippen molar-refractivity contribution in [2.45, 2.75) is 58.4 Å². The molecule has 0 bridgehead atoms. The van der Waals surface area contributed by atoms with E-state index >= 15 is 0 Å². The first-order valence-electron chi connectivity index (χ1n) is 7.61. The van der Waals surface area contributed by atoms with Crippen LogP contribution in [0.1, 0.15) is 52.9 Å². The fourth-order valence-electron chi connectivity index (χ4n) is 2.50. The van der Waals surface area contributed by atoms with E-state index in [1.54, 1.807) is 0 Å². The molecule has 1 fully saturated rings. The van der Waals surface area contributed by atoms with Crippen LogP contribution in [0, 0.1) is 17.2 Å². The summed E-state index contributed by atoms with van der Waals surface area (Å²) in [6, 6.07) is 2.60. The topological polar surface area (TPSA) is 39.1 Å². The molecule has 1 aliphatic rings. The summed E-state index contributed by atoms with van der Waals surface area (Å²) in [6.45, 7) is 10.6. The zero-order valence-corrected chi connectivity index (χ0v) is 12.3. The van der Waals surface area contributed by atoms with Gasteiger partial charge in [0, 0.05) is 6.54 Å². The van der Waals surface area contributed by atoms with Gasteiger partial charge < -0.3 is 4.90 Å². The maximum atomic E-state index is 9.64. The van der Waals surface area contributed by atoms with Crippen molar-refractivity contribution in [1.29, 1.82) is 5.26 Å². The standard InChI is InChI=1S/C15H29N3/c1-4-7-11-18(6-3)13-15(12-16,14-8-9-14)17-10-5-2/h14,17H,4-11,13H2,1-3H3. The number of nitrogens with zero attached hydrogens (tertiary/aromatic N) is 2. The second-order valence-corrected chi connectivity index (χ2v) is 5.51. The smallest absolute Gasteiger partial charge is 0.122 e. The lowest BCUT2D eigenvalue weighted by Gasteiger charge is -2.34. The Hall–Kier alpha value is -0.590. The van der Waals surface area contributed by atoms with Crippen molar-refractivity contribution >= 4 is 0 Å². The Morgan fingerprint density at radius 1 is 1.28 bits per heavy atom. The molecule has 104 valence electrons. The lowest BCUT2D eigenvalue weighted by Crippen LogP contribution is -2.54. The van der Waals surface area contributed by atoms with Crippen molar-refractivity contribution in [3.8, 4) is 6.07 Å². The Kier molecular flexibility index (Phi) is 6.67. The molecule has 0 aromatic heterocycles. The van der Waals surface area contributed by atoms with Crippen LogP contribution in [-0.2, 0) is 0 Å². The fraction of sp³-hybridized carbons (Fsp3) is 0.933. The van der Waals surface area contributed by atoms with Crippen molar-refractivity contribution in [2.24, 2.45) is 5.92 Å². The molecule has 3 nitrogen and oxygen atoms in total. The van der Waals surface area contributed by atoms with Crippen LogP contribution in [0.5, 0.6) is 0 Å². The van der Waals surface area contributed by atoms with Gasteiger partial charge in [-0.2, -0.15) is 5.26 Å². The maximum Gasteiger partial charge on any atom is 0.122 e. The highest BCUT2D eigenvalue weighted by atomic mass is 15.2. The van der Waals surface area contributed by atoms with Crippen LogP contribution >= 0.6 is 0 Å². The van der Waals surface area contributed by atoms with Crippen LogP contribution < -0.4 is 5.32 Å². The molecule has 1 aliphatic carbocycles. The van der Waals surface area contributed by atoms with Gasteiger partial charge in [-0.3, -0.25) is 5.32 Å². The minimum Gasteiger partial charge on any atom is -0.301 e. The summed E-state index contributed by atoms with van der Waals surface area (Å²) in [7, 11) is 0.